The van der Waals surface area contributed by atoms with Crippen molar-refractivity contribution in [1.82, 2.24) is 14.5 Å². The first-order valence-electron chi connectivity index (χ1n) is 10.7. The molecule has 0 aliphatic carbocycles. The highest BCUT2D eigenvalue weighted by atomic mass is 19.1. The molecule has 0 spiro atoms. The van der Waals surface area contributed by atoms with Crippen molar-refractivity contribution in [2.75, 3.05) is 5.73 Å². The van der Waals surface area contributed by atoms with Crippen LogP contribution in [0.4, 0.5) is 25.8 Å². The summed E-state index contributed by atoms with van der Waals surface area (Å²) in [5.74, 6) is -1.54. The summed E-state index contributed by atoms with van der Waals surface area (Å²) in [6.07, 6.45) is 3.55. The zero-order valence-corrected chi connectivity index (χ0v) is 17.9. The number of nitrogen functional groups attached to an aromatic ring is 1. The monoisotopic (exact) mass is 441 g/mol. The van der Waals surface area contributed by atoms with Crippen LogP contribution in [0.15, 0.2) is 97.3 Å². The molecule has 0 amide bonds. The number of benzene rings is 3. The molecule has 2 aromatic heterocycles. The van der Waals surface area contributed by atoms with Gasteiger partial charge in [-0.3, -0.25) is 4.48 Å². The van der Waals surface area contributed by atoms with Gasteiger partial charge in [0.05, 0.1) is 5.39 Å². The number of quaternary nitrogens is 1. The van der Waals surface area contributed by atoms with Crippen LogP contribution in [0.1, 0.15) is 11.1 Å². The zero-order chi connectivity index (χ0) is 22.8. The van der Waals surface area contributed by atoms with Crippen molar-refractivity contribution < 1.29 is 8.78 Å². The van der Waals surface area contributed by atoms with Crippen molar-refractivity contribution in [2.45, 2.75) is 13.1 Å². The molecule has 0 saturated heterocycles. The lowest BCUT2D eigenvalue weighted by Gasteiger charge is -2.38. The van der Waals surface area contributed by atoms with Crippen LogP contribution in [0.5, 0.6) is 0 Å². The number of pyridine rings is 1. The van der Waals surface area contributed by atoms with Crippen LogP contribution in [0.25, 0.3) is 11.0 Å². The Hall–Kier alpha value is -4.03. The van der Waals surface area contributed by atoms with Gasteiger partial charge in [-0.05, 0) is 6.07 Å². The highest BCUT2D eigenvalue weighted by Gasteiger charge is 2.37. The molecule has 33 heavy (non-hydrogen) atoms. The summed E-state index contributed by atoms with van der Waals surface area (Å²) in [4.78, 5) is 7.59. The fourth-order valence-electron chi connectivity index (χ4n) is 4.48. The van der Waals surface area contributed by atoms with E-state index in [1.807, 2.05) is 79.0 Å². The number of hydrogen-bond acceptors (Lipinski definition) is 2. The van der Waals surface area contributed by atoms with Crippen molar-refractivity contribution in [3.63, 3.8) is 0 Å². The summed E-state index contributed by atoms with van der Waals surface area (Å²) >= 11 is 0. The summed E-state index contributed by atoms with van der Waals surface area (Å²) in [5, 5.41) is 0.891. The number of rotatable bonds is 6. The second kappa shape index (κ2) is 8.48. The van der Waals surface area contributed by atoms with Gasteiger partial charge in [0, 0.05) is 41.7 Å². The van der Waals surface area contributed by atoms with Gasteiger partial charge in [0.1, 0.15) is 30.1 Å². The Kier molecular flexibility index (Phi) is 5.36. The van der Waals surface area contributed by atoms with E-state index in [-0.39, 0.29) is 4.48 Å². The number of nitrogens with two attached hydrogens (primary N) is 1. The van der Waals surface area contributed by atoms with E-state index in [9.17, 15) is 8.78 Å². The first kappa shape index (κ1) is 20.8. The SMILES string of the molecule is Nc1c(F)cc([N+](Cc2ccccc2)(Cc2ccccc2)c2ccnc3[nH]ccc23)cc1F. The van der Waals surface area contributed by atoms with E-state index in [2.05, 4.69) is 9.97 Å². The third-order valence-electron chi connectivity index (χ3n) is 6.05. The smallest absolute Gasteiger partial charge is 0.155 e. The molecule has 2 heterocycles. The van der Waals surface area contributed by atoms with Gasteiger partial charge in [0.25, 0.3) is 0 Å². The molecule has 5 aromatic rings. The first-order valence-corrected chi connectivity index (χ1v) is 10.7. The van der Waals surface area contributed by atoms with Gasteiger partial charge >= 0.3 is 0 Å². The summed E-state index contributed by atoms with van der Waals surface area (Å²) < 4.78 is 29.8. The lowest BCUT2D eigenvalue weighted by molar-refractivity contribution is 0.366. The largest absolute Gasteiger partial charge is 0.394 e. The maximum Gasteiger partial charge on any atom is 0.155 e. The molecule has 164 valence electrons. The Morgan fingerprint density at radius 1 is 0.788 bits per heavy atom. The summed E-state index contributed by atoms with van der Waals surface area (Å²) in [6, 6.07) is 26.5. The van der Waals surface area contributed by atoms with E-state index in [4.69, 9.17) is 5.73 Å². The molecule has 0 unspecified atom stereocenters. The van der Waals surface area contributed by atoms with Crippen LogP contribution in [0, 0.1) is 11.6 Å². The molecule has 5 rings (SSSR count). The second-order valence-corrected chi connectivity index (χ2v) is 8.15. The number of fused-ring (bicyclic) bond motifs is 1. The number of aromatic nitrogens is 2. The average Bonchev–Trinajstić information content (AvgIpc) is 3.32. The number of aromatic amines is 1. The first-order chi connectivity index (χ1) is 16.1. The molecule has 0 atom stereocenters. The second-order valence-electron chi connectivity index (χ2n) is 8.15. The normalized spacial score (nSPS) is 11.7. The molecule has 6 heteroatoms. The number of hydrogen-bond donors (Lipinski definition) is 2. The van der Waals surface area contributed by atoms with Crippen molar-refractivity contribution in [1.29, 1.82) is 0 Å². The van der Waals surface area contributed by atoms with E-state index < -0.39 is 17.3 Å². The molecule has 0 saturated carbocycles. The average molecular weight is 442 g/mol. The molecule has 4 nitrogen and oxygen atoms in total. The van der Waals surface area contributed by atoms with Gasteiger partial charge < -0.3 is 10.7 Å². The number of H-pyrrole nitrogens is 1. The maximum absolute atomic E-state index is 14.8. The van der Waals surface area contributed by atoms with E-state index in [0.717, 1.165) is 22.2 Å². The standard InChI is InChI=1S/C27H23F2N4/c28-23-15-21(16-24(29)26(23)30)33(17-19-7-3-1-4-8-19,18-20-9-5-2-6-10-20)25-12-14-32-27-22(25)11-13-31-27/h1-16H,17-18,30H2,(H,31,32)/q+1. The van der Waals surface area contributed by atoms with Crippen molar-refractivity contribution in [3.05, 3.63) is 120 Å². The fraction of sp³-hybridized carbons (Fsp3) is 0.0741. The van der Waals surface area contributed by atoms with Crippen LogP contribution >= 0.6 is 0 Å². The van der Waals surface area contributed by atoms with Crippen molar-refractivity contribution in [2.24, 2.45) is 0 Å². The van der Waals surface area contributed by atoms with Gasteiger partial charge in [0.2, 0.25) is 0 Å². The fourth-order valence-corrected chi connectivity index (χ4v) is 4.48. The van der Waals surface area contributed by atoms with E-state index in [1.54, 1.807) is 6.20 Å². The predicted molar refractivity (Wildman–Crippen MR) is 129 cm³/mol. The molecule has 0 radical (unpaired) electrons. The Balaban J connectivity index is 1.84. The summed E-state index contributed by atoms with van der Waals surface area (Å²) in [7, 11) is 0. The lowest BCUT2D eigenvalue weighted by Crippen LogP contribution is -2.43. The Morgan fingerprint density at radius 2 is 1.36 bits per heavy atom. The van der Waals surface area contributed by atoms with Crippen molar-refractivity contribution in [3.8, 4) is 0 Å². The van der Waals surface area contributed by atoms with E-state index >= 15 is 0 Å². The van der Waals surface area contributed by atoms with Gasteiger partial charge in [-0.15, -0.1) is 0 Å². The molecule has 0 fully saturated rings. The Labute approximate surface area is 190 Å². The minimum atomic E-state index is -0.770. The predicted octanol–water partition coefficient (Wildman–Crippen LogP) is 6.46. The molecule has 3 aromatic carbocycles. The number of halogens is 2. The molecule has 0 aliphatic rings. The lowest BCUT2D eigenvalue weighted by atomic mass is 10.0. The summed E-state index contributed by atoms with van der Waals surface area (Å²) in [5.41, 5.74) is 9.31. The molecular formula is C27H23F2N4+. The molecule has 0 aliphatic heterocycles. The minimum Gasteiger partial charge on any atom is -0.394 e. The number of nitrogens with one attached hydrogen (secondary N) is 1. The highest BCUT2D eigenvalue weighted by Crippen LogP contribution is 2.43. The zero-order valence-electron chi connectivity index (χ0n) is 17.9. The molecule has 3 N–H and O–H groups in total. The number of anilines is 1. The van der Waals surface area contributed by atoms with Crippen LogP contribution in [-0.2, 0) is 13.1 Å². The minimum absolute atomic E-state index is 0.152. The van der Waals surface area contributed by atoms with E-state index in [1.165, 1.54) is 12.1 Å². The summed E-state index contributed by atoms with van der Waals surface area (Å²) in [6.45, 7) is 0.950. The van der Waals surface area contributed by atoms with Crippen LogP contribution in [-0.4, -0.2) is 9.97 Å². The molecular weight excluding hydrogens is 418 g/mol. The van der Waals surface area contributed by atoms with Gasteiger partial charge in [0.15, 0.2) is 17.3 Å². The van der Waals surface area contributed by atoms with Crippen LogP contribution in [0.2, 0.25) is 0 Å². The number of nitrogens with zero attached hydrogens (tertiary/aromatic N) is 2. The van der Waals surface area contributed by atoms with Gasteiger partial charge in [-0.25, -0.2) is 13.8 Å². The third kappa shape index (κ3) is 3.85. The Morgan fingerprint density at radius 3 is 1.94 bits per heavy atom. The van der Waals surface area contributed by atoms with Crippen molar-refractivity contribution >= 4 is 28.1 Å². The highest BCUT2D eigenvalue weighted by molar-refractivity contribution is 5.90. The third-order valence-corrected chi connectivity index (χ3v) is 6.05. The van der Waals surface area contributed by atoms with Gasteiger partial charge in [-0.2, -0.15) is 0 Å². The topological polar surface area (TPSA) is 54.7 Å². The van der Waals surface area contributed by atoms with E-state index in [0.29, 0.717) is 24.4 Å². The van der Waals surface area contributed by atoms with Crippen LogP contribution < -0.4 is 10.2 Å². The Bertz CT molecular complexity index is 1330. The quantitative estimate of drug-likeness (QED) is 0.235. The van der Waals surface area contributed by atoms with Gasteiger partial charge in [-0.1, -0.05) is 60.7 Å². The molecule has 0 bridgehead atoms. The maximum atomic E-state index is 14.8. The van der Waals surface area contributed by atoms with Crippen LogP contribution in [0.3, 0.4) is 0 Å².